The first-order valence-corrected chi connectivity index (χ1v) is 5.91. The van der Waals surface area contributed by atoms with Crippen molar-refractivity contribution in [1.29, 1.82) is 0 Å². The van der Waals surface area contributed by atoms with Crippen molar-refractivity contribution in [3.8, 4) is 0 Å². The van der Waals surface area contributed by atoms with Gasteiger partial charge in [0.25, 0.3) is 0 Å². The minimum absolute atomic E-state index is 0.196. The molecule has 3 N–H and O–H groups in total. The summed E-state index contributed by atoms with van der Waals surface area (Å²) in [6.45, 7) is 7.59. The molecule has 1 heterocycles. The molecule has 0 saturated carbocycles. The molecule has 1 unspecified atom stereocenters. The lowest BCUT2D eigenvalue weighted by Gasteiger charge is -2.22. The number of nitrogens with zero attached hydrogens (tertiary/aromatic N) is 1. The maximum atomic E-state index is 11.6. The van der Waals surface area contributed by atoms with Crippen LogP contribution in [0.3, 0.4) is 0 Å². The fourth-order valence-electron chi connectivity index (χ4n) is 1.45. The number of hydrogen-bond acceptors (Lipinski definition) is 5. The summed E-state index contributed by atoms with van der Waals surface area (Å²) in [6.07, 6.45) is 1.74. The van der Waals surface area contributed by atoms with Crippen LogP contribution in [0.15, 0.2) is 10.7 Å². The molecule has 1 amide bonds. The van der Waals surface area contributed by atoms with E-state index in [0.29, 0.717) is 13.0 Å². The predicted molar refractivity (Wildman–Crippen MR) is 67.2 cm³/mol. The largest absolute Gasteiger partial charge is 0.444 e. The second kappa shape index (κ2) is 5.86. The number of ether oxygens (including phenoxy) is 1. The highest BCUT2D eigenvalue weighted by molar-refractivity contribution is 5.68. The number of alkyl carbamates (subject to hydrolysis) is 1. The minimum atomic E-state index is -0.518. The molecule has 0 saturated heterocycles. The van der Waals surface area contributed by atoms with Crippen molar-refractivity contribution in [3.05, 3.63) is 17.5 Å². The van der Waals surface area contributed by atoms with Crippen LogP contribution in [0.5, 0.6) is 0 Å². The highest BCUT2D eigenvalue weighted by Gasteiger charge is 2.20. The molecule has 102 valence electrons. The number of carbonyl (C=O) groups excluding carboxylic acids is 1. The van der Waals surface area contributed by atoms with Crippen molar-refractivity contribution in [3.63, 3.8) is 0 Å². The summed E-state index contributed by atoms with van der Waals surface area (Å²) in [4.78, 5) is 11.6. The fraction of sp³-hybridized carbons (Fsp3) is 0.667. The van der Waals surface area contributed by atoms with Gasteiger partial charge >= 0.3 is 6.09 Å². The summed E-state index contributed by atoms with van der Waals surface area (Å²) in [6, 6.07) is -0.196. The minimum Gasteiger partial charge on any atom is -0.444 e. The van der Waals surface area contributed by atoms with Gasteiger partial charge in [0, 0.05) is 18.2 Å². The topological polar surface area (TPSA) is 90.4 Å². The number of aromatic nitrogens is 1. The molecular weight excluding hydrogens is 234 g/mol. The van der Waals surface area contributed by atoms with Crippen molar-refractivity contribution in [2.45, 2.75) is 45.8 Å². The summed E-state index contributed by atoms with van der Waals surface area (Å²) in [5.74, 6) is 0.736. The van der Waals surface area contributed by atoms with Gasteiger partial charge in [-0.25, -0.2) is 4.79 Å². The maximum Gasteiger partial charge on any atom is 0.407 e. The molecule has 0 aliphatic heterocycles. The smallest absolute Gasteiger partial charge is 0.407 e. The molecule has 0 aromatic carbocycles. The fourth-order valence-corrected chi connectivity index (χ4v) is 1.45. The number of rotatable bonds is 4. The van der Waals surface area contributed by atoms with Crippen molar-refractivity contribution < 1.29 is 14.1 Å². The van der Waals surface area contributed by atoms with Gasteiger partial charge in [-0.15, -0.1) is 0 Å². The Morgan fingerprint density at radius 1 is 1.61 bits per heavy atom. The number of nitrogens with two attached hydrogens (primary N) is 1. The summed E-state index contributed by atoms with van der Waals surface area (Å²) in [5, 5.41) is 6.42. The van der Waals surface area contributed by atoms with Gasteiger partial charge in [0.15, 0.2) is 0 Å². The van der Waals surface area contributed by atoms with Gasteiger partial charge in [0.2, 0.25) is 0 Å². The zero-order valence-corrected chi connectivity index (χ0v) is 11.3. The lowest BCUT2D eigenvalue weighted by atomic mass is 10.1. The molecule has 6 heteroatoms. The molecular formula is C12H21N3O3. The first-order valence-electron chi connectivity index (χ1n) is 5.91. The monoisotopic (exact) mass is 255 g/mol. The summed E-state index contributed by atoms with van der Waals surface area (Å²) < 4.78 is 10.1. The average Bonchev–Trinajstić information content (AvgIpc) is 2.60. The average molecular weight is 255 g/mol. The standard InChI is InChI=1S/C12H21N3O3/c1-8-9(7-14-18-8)5-10(6-13)15-11(16)17-12(2,3)4/h7,10H,5-6,13H2,1-4H3,(H,15,16). The quantitative estimate of drug-likeness (QED) is 0.848. The molecule has 1 atom stereocenters. The first kappa shape index (κ1) is 14.5. The number of nitrogens with one attached hydrogen (secondary N) is 1. The molecule has 0 spiro atoms. The zero-order valence-electron chi connectivity index (χ0n) is 11.3. The van der Waals surface area contributed by atoms with Crippen LogP contribution in [0.25, 0.3) is 0 Å². The van der Waals surface area contributed by atoms with E-state index in [1.165, 1.54) is 0 Å². The van der Waals surface area contributed by atoms with Crippen molar-refractivity contribution in [2.75, 3.05) is 6.54 Å². The van der Waals surface area contributed by atoms with E-state index in [-0.39, 0.29) is 6.04 Å². The Bertz CT molecular complexity index is 396. The molecule has 1 aromatic heterocycles. The molecule has 0 radical (unpaired) electrons. The lowest BCUT2D eigenvalue weighted by molar-refractivity contribution is 0.0506. The number of carbonyl (C=O) groups is 1. The van der Waals surface area contributed by atoms with Gasteiger partial charge in [0.1, 0.15) is 11.4 Å². The van der Waals surface area contributed by atoms with Crippen LogP contribution in [0, 0.1) is 6.92 Å². The van der Waals surface area contributed by atoms with Crippen LogP contribution in [0.4, 0.5) is 4.79 Å². The van der Waals surface area contributed by atoms with E-state index in [1.54, 1.807) is 6.20 Å². The SMILES string of the molecule is Cc1oncc1CC(CN)NC(=O)OC(C)(C)C. The summed E-state index contributed by atoms with van der Waals surface area (Å²) in [5.41, 5.74) is 6.04. The normalized spacial score (nSPS) is 13.2. The van der Waals surface area contributed by atoms with E-state index in [9.17, 15) is 4.79 Å². The van der Waals surface area contributed by atoms with E-state index < -0.39 is 11.7 Å². The van der Waals surface area contributed by atoms with Gasteiger partial charge in [-0.2, -0.15) is 0 Å². The Balaban J connectivity index is 2.52. The van der Waals surface area contributed by atoms with Gasteiger partial charge in [0.05, 0.1) is 6.20 Å². The molecule has 0 aliphatic rings. The van der Waals surface area contributed by atoms with Crippen molar-refractivity contribution >= 4 is 6.09 Å². The molecule has 1 aromatic rings. The first-order chi connectivity index (χ1) is 8.31. The Morgan fingerprint density at radius 3 is 2.72 bits per heavy atom. The van der Waals surface area contributed by atoms with Crippen molar-refractivity contribution in [1.82, 2.24) is 10.5 Å². The molecule has 18 heavy (non-hydrogen) atoms. The second-order valence-corrected chi connectivity index (χ2v) is 5.19. The Kier molecular flexibility index (Phi) is 4.72. The van der Waals surface area contributed by atoms with E-state index >= 15 is 0 Å². The Hall–Kier alpha value is -1.56. The Labute approximate surface area is 107 Å². The molecule has 6 nitrogen and oxygen atoms in total. The van der Waals surface area contributed by atoms with E-state index in [1.807, 2.05) is 27.7 Å². The van der Waals surface area contributed by atoms with Gasteiger partial charge in [-0.1, -0.05) is 5.16 Å². The highest BCUT2D eigenvalue weighted by atomic mass is 16.6. The number of amides is 1. The van der Waals surface area contributed by atoms with Crippen LogP contribution in [-0.2, 0) is 11.2 Å². The third kappa shape index (κ3) is 4.75. The van der Waals surface area contributed by atoms with E-state index in [0.717, 1.165) is 11.3 Å². The van der Waals surface area contributed by atoms with Crippen molar-refractivity contribution in [2.24, 2.45) is 5.73 Å². The Morgan fingerprint density at radius 2 is 2.28 bits per heavy atom. The molecule has 0 bridgehead atoms. The predicted octanol–water partition coefficient (Wildman–Crippen LogP) is 1.38. The number of hydrogen-bond donors (Lipinski definition) is 2. The summed E-state index contributed by atoms with van der Waals surface area (Å²) >= 11 is 0. The molecule has 1 rings (SSSR count). The molecule has 0 fully saturated rings. The van der Waals surface area contributed by atoms with Crippen LogP contribution in [-0.4, -0.2) is 29.4 Å². The van der Waals surface area contributed by atoms with Crippen LogP contribution < -0.4 is 11.1 Å². The maximum absolute atomic E-state index is 11.6. The van der Waals surface area contributed by atoms with Crippen LogP contribution in [0.2, 0.25) is 0 Å². The van der Waals surface area contributed by atoms with Crippen LogP contribution in [0.1, 0.15) is 32.1 Å². The third-order valence-corrected chi connectivity index (χ3v) is 2.32. The van der Waals surface area contributed by atoms with Gasteiger partial charge < -0.3 is 20.3 Å². The van der Waals surface area contributed by atoms with E-state index in [4.69, 9.17) is 15.0 Å². The number of aryl methyl sites for hydroxylation is 1. The van der Waals surface area contributed by atoms with Crippen LogP contribution >= 0.6 is 0 Å². The third-order valence-electron chi connectivity index (χ3n) is 2.32. The second-order valence-electron chi connectivity index (χ2n) is 5.19. The van der Waals surface area contributed by atoms with Gasteiger partial charge in [-0.3, -0.25) is 0 Å². The lowest BCUT2D eigenvalue weighted by Crippen LogP contribution is -2.44. The van der Waals surface area contributed by atoms with Gasteiger partial charge in [-0.05, 0) is 34.1 Å². The van der Waals surface area contributed by atoms with E-state index in [2.05, 4.69) is 10.5 Å². The summed E-state index contributed by atoms with van der Waals surface area (Å²) in [7, 11) is 0. The molecule has 0 aliphatic carbocycles. The highest BCUT2D eigenvalue weighted by Crippen LogP contribution is 2.10. The zero-order chi connectivity index (χ0) is 13.8.